The largest absolute Gasteiger partial charge is 0.484 e. The number of hydrogen-bond acceptors (Lipinski definition) is 4. The summed E-state index contributed by atoms with van der Waals surface area (Å²) in [6, 6.07) is 8.66. The molecule has 0 unspecified atom stereocenters. The number of aryl methyl sites for hydroxylation is 1. The van der Waals surface area contributed by atoms with Gasteiger partial charge < -0.3 is 9.47 Å². The van der Waals surface area contributed by atoms with Crippen LogP contribution >= 0.6 is 0 Å². The third-order valence-electron chi connectivity index (χ3n) is 3.89. The number of alkyl halides is 3. The lowest BCUT2D eigenvalue weighted by molar-refractivity contribution is -0.153. The highest BCUT2D eigenvalue weighted by atomic mass is 19.4. The first-order chi connectivity index (χ1) is 13.4. The van der Waals surface area contributed by atoms with Crippen molar-refractivity contribution in [2.75, 3.05) is 11.5 Å². The lowest BCUT2D eigenvalue weighted by Gasteiger charge is -2.28. The van der Waals surface area contributed by atoms with E-state index < -0.39 is 24.5 Å². The summed E-state index contributed by atoms with van der Waals surface area (Å²) in [5.41, 5.74) is 1.68. The number of benzene rings is 1. The van der Waals surface area contributed by atoms with Crippen LogP contribution in [0.2, 0.25) is 0 Å². The van der Waals surface area contributed by atoms with Gasteiger partial charge in [0, 0.05) is 17.4 Å². The Labute approximate surface area is 168 Å². The number of rotatable bonds is 5. The highest BCUT2D eigenvalue weighted by Crippen LogP contribution is 2.27. The second-order valence-corrected chi connectivity index (χ2v) is 7.69. The van der Waals surface area contributed by atoms with Crippen LogP contribution in [0.1, 0.15) is 37.6 Å². The van der Waals surface area contributed by atoms with E-state index in [1.807, 2.05) is 25.1 Å². The predicted octanol–water partition coefficient (Wildman–Crippen LogP) is 5.58. The Bertz CT molecular complexity index is 861. The van der Waals surface area contributed by atoms with Gasteiger partial charge in [0.15, 0.2) is 6.61 Å². The quantitative estimate of drug-likeness (QED) is 0.646. The molecule has 0 radical (unpaired) electrons. The van der Waals surface area contributed by atoms with Gasteiger partial charge in [-0.05, 0) is 58.4 Å². The number of hydrogen-bond donors (Lipinski definition) is 0. The van der Waals surface area contributed by atoms with Gasteiger partial charge in [0.05, 0.1) is 12.2 Å². The van der Waals surface area contributed by atoms with E-state index in [-0.39, 0.29) is 12.3 Å². The summed E-state index contributed by atoms with van der Waals surface area (Å²) in [6.45, 7) is 7.40. The van der Waals surface area contributed by atoms with Gasteiger partial charge in [-0.3, -0.25) is 9.88 Å². The normalized spacial score (nSPS) is 11.9. The maximum atomic E-state index is 12.8. The third-order valence-corrected chi connectivity index (χ3v) is 3.89. The SMILES string of the molecule is Cc1cccc(N(Cc2nccc(OCC(F)(F)F)c2C)C(=O)OC(C)(C)C)c1. The van der Waals surface area contributed by atoms with Crippen LogP contribution < -0.4 is 9.64 Å². The van der Waals surface area contributed by atoms with Crippen molar-refractivity contribution >= 4 is 11.8 Å². The zero-order chi connectivity index (χ0) is 21.8. The molecule has 0 aliphatic rings. The fraction of sp³-hybridized carbons (Fsp3) is 0.429. The van der Waals surface area contributed by atoms with Crippen LogP contribution in [0.15, 0.2) is 36.5 Å². The lowest BCUT2D eigenvalue weighted by Crippen LogP contribution is -2.37. The number of carbonyl (C=O) groups excluding carboxylic acids is 1. The van der Waals surface area contributed by atoms with E-state index in [0.29, 0.717) is 16.9 Å². The first-order valence-electron chi connectivity index (χ1n) is 9.07. The van der Waals surface area contributed by atoms with Crippen LogP contribution in [-0.4, -0.2) is 29.5 Å². The zero-order valence-corrected chi connectivity index (χ0v) is 17.1. The van der Waals surface area contributed by atoms with E-state index in [2.05, 4.69) is 4.98 Å². The Hall–Kier alpha value is -2.77. The molecule has 2 aromatic rings. The molecule has 29 heavy (non-hydrogen) atoms. The van der Waals surface area contributed by atoms with Gasteiger partial charge in [-0.15, -0.1) is 0 Å². The third kappa shape index (κ3) is 6.96. The molecule has 1 aromatic heterocycles. The van der Waals surface area contributed by atoms with Gasteiger partial charge in [0.25, 0.3) is 0 Å². The van der Waals surface area contributed by atoms with E-state index in [0.717, 1.165) is 5.56 Å². The van der Waals surface area contributed by atoms with Gasteiger partial charge in [-0.1, -0.05) is 12.1 Å². The molecule has 0 aliphatic carbocycles. The molecule has 5 nitrogen and oxygen atoms in total. The van der Waals surface area contributed by atoms with Gasteiger partial charge in [0.1, 0.15) is 11.4 Å². The molecule has 1 amide bonds. The first-order valence-corrected chi connectivity index (χ1v) is 9.07. The minimum Gasteiger partial charge on any atom is -0.484 e. The van der Waals surface area contributed by atoms with Gasteiger partial charge >= 0.3 is 12.3 Å². The molecular formula is C21H25F3N2O3. The van der Waals surface area contributed by atoms with Crippen LogP contribution in [-0.2, 0) is 11.3 Å². The number of aromatic nitrogens is 1. The summed E-state index contributed by atoms with van der Waals surface area (Å²) in [4.78, 5) is 18.5. The van der Waals surface area contributed by atoms with Crippen molar-refractivity contribution in [1.29, 1.82) is 0 Å². The lowest BCUT2D eigenvalue weighted by atomic mass is 10.1. The Kier molecular flexibility index (Phi) is 6.77. The van der Waals surface area contributed by atoms with Gasteiger partial charge in [-0.2, -0.15) is 13.2 Å². The van der Waals surface area contributed by atoms with E-state index in [9.17, 15) is 18.0 Å². The summed E-state index contributed by atoms with van der Waals surface area (Å²) < 4.78 is 47.9. The van der Waals surface area contributed by atoms with Crippen molar-refractivity contribution in [3.63, 3.8) is 0 Å². The maximum Gasteiger partial charge on any atom is 0.422 e. The standard InChI is InChI=1S/C21H25F3N2O3/c1-14-7-6-8-16(11-14)26(19(27)29-20(3,4)5)12-17-15(2)18(9-10-25-17)28-13-21(22,23)24/h6-11H,12-13H2,1-5H3. The molecule has 2 rings (SSSR count). The molecule has 0 saturated heterocycles. The molecular weight excluding hydrogens is 385 g/mol. The Balaban J connectivity index is 2.35. The van der Waals surface area contributed by atoms with Crippen molar-refractivity contribution < 1.29 is 27.4 Å². The molecule has 0 saturated carbocycles. The minimum atomic E-state index is -4.44. The molecule has 1 aromatic carbocycles. The average molecular weight is 410 g/mol. The van der Waals surface area contributed by atoms with Crippen molar-refractivity contribution in [3.05, 3.63) is 53.3 Å². The highest BCUT2D eigenvalue weighted by Gasteiger charge is 2.29. The number of amides is 1. The fourth-order valence-corrected chi connectivity index (χ4v) is 2.56. The number of ether oxygens (including phenoxy) is 2. The highest BCUT2D eigenvalue weighted by molar-refractivity contribution is 5.88. The second-order valence-electron chi connectivity index (χ2n) is 7.69. The molecule has 0 N–H and O–H groups in total. The molecule has 1 heterocycles. The molecule has 0 atom stereocenters. The van der Waals surface area contributed by atoms with Gasteiger partial charge in [0.2, 0.25) is 0 Å². The van der Waals surface area contributed by atoms with Crippen LogP contribution in [0.3, 0.4) is 0 Å². The zero-order valence-electron chi connectivity index (χ0n) is 17.1. The monoisotopic (exact) mass is 410 g/mol. The van der Waals surface area contributed by atoms with Crippen molar-refractivity contribution in [3.8, 4) is 5.75 Å². The summed E-state index contributed by atoms with van der Waals surface area (Å²) in [7, 11) is 0. The minimum absolute atomic E-state index is 0.0212. The summed E-state index contributed by atoms with van der Waals surface area (Å²) >= 11 is 0. The summed E-state index contributed by atoms with van der Waals surface area (Å²) in [5.74, 6) is 0.0701. The fourth-order valence-electron chi connectivity index (χ4n) is 2.56. The summed E-state index contributed by atoms with van der Waals surface area (Å²) in [5, 5.41) is 0. The predicted molar refractivity (Wildman–Crippen MR) is 104 cm³/mol. The summed E-state index contributed by atoms with van der Waals surface area (Å²) in [6.07, 6.45) is -3.66. The molecule has 0 fully saturated rings. The Morgan fingerprint density at radius 1 is 1.14 bits per heavy atom. The van der Waals surface area contributed by atoms with E-state index in [1.54, 1.807) is 33.8 Å². The number of nitrogens with zero attached hydrogens (tertiary/aromatic N) is 2. The molecule has 0 aliphatic heterocycles. The maximum absolute atomic E-state index is 12.8. The number of carbonyl (C=O) groups is 1. The molecule has 0 spiro atoms. The smallest absolute Gasteiger partial charge is 0.422 e. The average Bonchev–Trinajstić information content (AvgIpc) is 2.57. The number of halogens is 3. The Morgan fingerprint density at radius 2 is 1.83 bits per heavy atom. The van der Waals surface area contributed by atoms with Crippen LogP contribution in [0, 0.1) is 13.8 Å². The van der Waals surface area contributed by atoms with E-state index >= 15 is 0 Å². The van der Waals surface area contributed by atoms with Crippen LogP contribution in [0.25, 0.3) is 0 Å². The van der Waals surface area contributed by atoms with Crippen LogP contribution in [0.5, 0.6) is 5.75 Å². The topological polar surface area (TPSA) is 51.7 Å². The van der Waals surface area contributed by atoms with Gasteiger partial charge in [-0.25, -0.2) is 4.79 Å². The molecule has 8 heteroatoms. The second kappa shape index (κ2) is 8.71. The van der Waals surface area contributed by atoms with Crippen molar-refractivity contribution in [2.45, 2.75) is 52.9 Å². The van der Waals surface area contributed by atoms with Crippen LogP contribution in [0.4, 0.5) is 23.7 Å². The number of pyridine rings is 1. The Morgan fingerprint density at radius 3 is 2.41 bits per heavy atom. The van der Waals surface area contributed by atoms with E-state index in [1.165, 1.54) is 17.2 Å². The van der Waals surface area contributed by atoms with E-state index in [4.69, 9.17) is 9.47 Å². The molecule has 0 bridgehead atoms. The molecule has 158 valence electrons. The first kappa shape index (κ1) is 22.5. The number of anilines is 1. The van der Waals surface area contributed by atoms with Crippen molar-refractivity contribution in [1.82, 2.24) is 4.98 Å². The van der Waals surface area contributed by atoms with Crippen molar-refractivity contribution in [2.24, 2.45) is 0 Å².